The molecule has 1 aromatic heterocycles. The van der Waals surface area contributed by atoms with Crippen molar-refractivity contribution in [3.63, 3.8) is 0 Å². The highest BCUT2D eigenvalue weighted by molar-refractivity contribution is 5.52. The molecule has 1 aromatic carbocycles. The van der Waals surface area contributed by atoms with E-state index in [-0.39, 0.29) is 12.5 Å². The summed E-state index contributed by atoms with van der Waals surface area (Å²) in [4.78, 5) is 0. The molecule has 3 rings (SSSR count). The number of aryl methyl sites for hydroxylation is 2. The van der Waals surface area contributed by atoms with E-state index < -0.39 is 11.8 Å². The standard InChI is InChI=1S/C16H19F2N3/c1-10-7-11(2)21(20-10)14-6-4-5-13(8-14)19-12(3)15-9-16(15,17)18/h4-8,12,15,19H,9H2,1-3H3. The summed E-state index contributed by atoms with van der Waals surface area (Å²) in [5.41, 5.74) is 3.78. The number of nitrogens with one attached hydrogen (secondary N) is 1. The first-order valence-corrected chi connectivity index (χ1v) is 7.15. The van der Waals surface area contributed by atoms with Crippen LogP contribution in [-0.2, 0) is 0 Å². The van der Waals surface area contributed by atoms with E-state index in [1.165, 1.54) is 0 Å². The van der Waals surface area contributed by atoms with Crippen LogP contribution in [0.3, 0.4) is 0 Å². The Balaban J connectivity index is 1.79. The average Bonchev–Trinajstić information content (AvgIpc) is 2.91. The quantitative estimate of drug-likeness (QED) is 0.924. The second kappa shape index (κ2) is 4.83. The molecule has 1 saturated carbocycles. The molecule has 2 aromatic rings. The molecule has 0 radical (unpaired) electrons. The zero-order valence-corrected chi connectivity index (χ0v) is 12.4. The van der Waals surface area contributed by atoms with Crippen molar-refractivity contribution in [2.75, 3.05) is 5.32 Å². The van der Waals surface area contributed by atoms with Crippen LogP contribution in [0.1, 0.15) is 24.7 Å². The predicted octanol–water partition coefficient (Wildman–Crippen LogP) is 3.94. The van der Waals surface area contributed by atoms with Gasteiger partial charge in [0, 0.05) is 29.8 Å². The van der Waals surface area contributed by atoms with Gasteiger partial charge in [-0.1, -0.05) is 6.07 Å². The summed E-state index contributed by atoms with van der Waals surface area (Å²) in [5.74, 6) is -3.06. The Morgan fingerprint density at radius 3 is 2.62 bits per heavy atom. The molecule has 2 atom stereocenters. The van der Waals surface area contributed by atoms with E-state index in [4.69, 9.17) is 0 Å². The summed E-state index contributed by atoms with van der Waals surface area (Å²) in [5, 5.41) is 7.61. The molecule has 0 saturated heterocycles. The lowest BCUT2D eigenvalue weighted by molar-refractivity contribution is 0.0959. The molecule has 21 heavy (non-hydrogen) atoms. The first-order valence-electron chi connectivity index (χ1n) is 7.15. The van der Waals surface area contributed by atoms with Crippen LogP contribution < -0.4 is 5.32 Å². The van der Waals surface area contributed by atoms with Gasteiger partial charge in [0.05, 0.1) is 11.4 Å². The maximum atomic E-state index is 13.1. The van der Waals surface area contributed by atoms with Gasteiger partial charge in [-0.15, -0.1) is 0 Å². The van der Waals surface area contributed by atoms with E-state index in [9.17, 15) is 8.78 Å². The number of hydrogen-bond acceptors (Lipinski definition) is 2. The van der Waals surface area contributed by atoms with Crippen LogP contribution in [0, 0.1) is 19.8 Å². The normalized spacial score (nSPS) is 21.1. The number of nitrogens with zero attached hydrogens (tertiary/aromatic N) is 2. The van der Waals surface area contributed by atoms with E-state index in [2.05, 4.69) is 10.4 Å². The van der Waals surface area contributed by atoms with Gasteiger partial charge in [-0.05, 0) is 45.0 Å². The second-order valence-corrected chi connectivity index (χ2v) is 5.89. The first-order chi connectivity index (χ1) is 9.87. The number of hydrogen-bond donors (Lipinski definition) is 1. The monoisotopic (exact) mass is 291 g/mol. The molecule has 0 spiro atoms. The van der Waals surface area contributed by atoms with Gasteiger partial charge < -0.3 is 5.32 Å². The van der Waals surface area contributed by atoms with Crippen molar-refractivity contribution in [2.24, 2.45) is 5.92 Å². The minimum atomic E-state index is -2.50. The van der Waals surface area contributed by atoms with Crippen LogP contribution in [0.5, 0.6) is 0 Å². The molecule has 3 nitrogen and oxygen atoms in total. The molecule has 1 heterocycles. The number of benzene rings is 1. The van der Waals surface area contributed by atoms with E-state index in [0.717, 1.165) is 22.8 Å². The average molecular weight is 291 g/mol. The van der Waals surface area contributed by atoms with Crippen molar-refractivity contribution in [1.29, 1.82) is 0 Å². The minimum Gasteiger partial charge on any atom is -0.382 e. The number of halogens is 2. The molecule has 0 amide bonds. The van der Waals surface area contributed by atoms with Crippen LogP contribution in [0.25, 0.3) is 5.69 Å². The van der Waals surface area contributed by atoms with Crippen molar-refractivity contribution in [1.82, 2.24) is 9.78 Å². The van der Waals surface area contributed by atoms with Crippen molar-refractivity contribution in [3.05, 3.63) is 41.7 Å². The fourth-order valence-corrected chi connectivity index (χ4v) is 2.76. The summed E-state index contributed by atoms with van der Waals surface area (Å²) in [6.07, 6.45) is -0.0156. The maximum Gasteiger partial charge on any atom is 0.253 e. The third kappa shape index (κ3) is 2.77. The smallest absolute Gasteiger partial charge is 0.253 e. The predicted molar refractivity (Wildman–Crippen MR) is 79.2 cm³/mol. The van der Waals surface area contributed by atoms with E-state index in [0.29, 0.717) is 0 Å². The Morgan fingerprint density at radius 1 is 1.33 bits per heavy atom. The topological polar surface area (TPSA) is 29.9 Å². The van der Waals surface area contributed by atoms with E-state index in [1.54, 1.807) is 0 Å². The molecular weight excluding hydrogens is 272 g/mol. The fraction of sp³-hybridized carbons (Fsp3) is 0.438. The highest BCUT2D eigenvalue weighted by atomic mass is 19.3. The summed E-state index contributed by atoms with van der Waals surface area (Å²) in [7, 11) is 0. The van der Waals surface area contributed by atoms with E-state index >= 15 is 0 Å². The Morgan fingerprint density at radius 2 is 2.05 bits per heavy atom. The number of rotatable bonds is 4. The molecule has 5 heteroatoms. The van der Waals surface area contributed by atoms with Gasteiger partial charge in [-0.2, -0.15) is 5.10 Å². The van der Waals surface area contributed by atoms with Crippen LogP contribution in [0.4, 0.5) is 14.5 Å². The minimum absolute atomic E-state index is 0.0156. The zero-order valence-electron chi connectivity index (χ0n) is 12.4. The van der Waals surface area contributed by atoms with Crippen LogP contribution in [0.15, 0.2) is 30.3 Å². The molecule has 1 aliphatic carbocycles. The Labute approximate surface area is 123 Å². The molecule has 0 bridgehead atoms. The molecular formula is C16H19F2N3. The lowest BCUT2D eigenvalue weighted by Crippen LogP contribution is -2.21. The van der Waals surface area contributed by atoms with Crippen LogP contribution >= 0.6 is 0 Å². The Hall–Kier alpha value is -1.91. The molecule has 2 unspecified atom stereocenters. The van der Waals surface area contributed by atoms with Gasteiger partial charge in [0.25, 0.3) is 5.92 Å². The molecule has 112 valence electrons. The van der Waals surface area contributed by atoms with Crippen molar-refractivity contribution < 1.29 is 8.78 Å². The highest BCUT2D eigenvalue weighted by Gasteiger charge is 2.59. The van der Waals surface area contributed by atoms with Gasteiger partial charge in [-0.3, -0.25) is 0 Å². The lowest BCUT2D eigenvalue weighted by atomic mass is 10.2. The zero-order chi connectivity index (χ0) is 15.2. The Kier molecular flexibility index (Phi) is 3.23. The second-order valence-electron chi connectivity index (χ2n) is 5.89. The summed E-state index contributed by atoms with van der Waals surface area (Å²) >= 11 is 0. The highest BCUT2D eigenvalue weighted by Crippen LogP contribution is 2.51. The Bertz CT molecular complexity index is 663. The van der Waals surface area contributed by atoms with Gasteiger partial charge in [0.2, 0.25) is 0 Å². The maximum absolute atomic E-state index is 13.1. The fourth-order valence-electron chi connectivity index (χ4n) is 2.76. The molecule has 1 N–H and O–H groups in total. The van der Waals surface area contributed by atoms with Gasteiger partial charge in [0.1, 0.15) is 0 Å². The van der Waals surface area contributed by atoms with Crippen molar-refractivity contribution in [2.45, 2.75) is 39.2 Å². The summed E-state index contributed by atoms with van der Waals surface area (Å²) < 4.78 is 28.0. The van der Waals surface area contributed by atoms with Crippen LogP contribution in [-0.4, -0.2) is 21.7 Å². The summed E-state index contributed by atoms with van der Waals surface area (Å²) in [6, 6.07) is 9.47. The lowest BCUT2D eigenvalue weighted by Gasteiger charge is -2.16. The van der Waals surface area contributed by atoms with Crippen LogP contribution in [0.2, 0.25) is 0 Å². The largest absolute Gasteiger partial charge is 0.382 e. The van der Waals surface area contributed by atoms with Gasteiger partial charge >= 0.3 is 0 Å². The van der Waals surface area contributed by atoms with E-state index in [1.807, 2.05) is 55.8 Å². The van der Waals surface area contributed by atoms with Gasteiger partial charge in [0.15, 0.2) is 0 Å². The number of aromatic nitrogens is 2. The molecule has 1 fully saturated rings. The molecule has 1 aliphatic rings. The number of alkyl halides is 2. The summed E-state index contributed by atoms with van der Waals surface area (Å²) in [6.45, 7) is 5.75. The van der Waals surface area contributed by atoms with Gasteiger partial charge in [-0.25, -0.2) is 13.5 Å². The third-order valence-corrected chi connectivity index (χ3v) is 3.97. The van der Waals surface area contributed by atoms with Crippen molar-refractivity contribution in [3.8, 4) is 5.69 Å². The first kappa shape index (κ1) is 14.0. The van der Waals surface area contributed by atoms with Crippen molar-refractivity contribution >= 4 is 5.69 Å². The number of anilines is 1. The SMILES string of the molecule is Cc1cc(C)n(-c2cccc(NC(C)C3CC3(F)F)c2)n1. The molecule has 0 aliphatic heterocycles. The third-order valence-electron chi connectivity index (χ3n) is 3.97.